The third-order valence-electron chi connectivity index (χ3n) is 3.46. The summed E-state index contributed by atoms with van der Waals surface area (Å²) in [5, 5.41) is 9.43. The van der Waals surface area contributed by atoms with Gasteiger partial charge in [-0.1, -0.05) is 0 Å². The Morgan fingerprint density at radius 1 is 1.20 bits per heavy atom. The van der Waals surface area contributed by atoms with Crippen molar-refractivity contribution in [2.24, 2.45) is 0 Å². The Morgan fingerprint density at radius 2 is 1.75 bits per heavy atom. The summed E-state index contributed by atoms with van der Waals surface area (Å²) in [5.41, 5.74) is 2.91. The molecule has 0 radical (unpaired) electrons. The van der Waals surface area contributed by atoms with Crippen molar-refractivity contribution < 1.29 is 4.74 Å². The number of nitrogens with zero attached hydrogens (tertiary/aromatic N) is 3. The normalized spacial score (nSPS) is 20.6. The van der Waals surface area contributed by atoms with Gasteiger partial charge in [0.25, 0.3) is 0 Å². The first kappa shape index (κ1) is 14.8. The Labute approximate surface area is 121 Å². The van der Waals surface area contributed by atoms with E-state index in [0.717, 1.165) is 30.2 Å². The average molecular weight is 273 g/mol. The van der Waals surface area contributed by atoms with Crippen molar-refractivity contribution in [1.82, 2.24) is 4.98 Å². The minimum atomic E-state index is -0.237. The summed E-state index contributed by atoms with van der Waals surface area (Å²) in [4.78, 5) is 6.65. The van der Waals surface area contributed by atoms with Crippen LogP contribution in [-0.4, -0.2) is 29.3 Å². The fourth-order valence-electron chi connectivity index (χ4n) is 3.15. The van der Waals surface area contributed by atoms with Gasteiger partial charge in [-0.05, 0) is 47.6 Å². The van der Waals surface area contributed by atoms with E-state index in [1.807, 2.05) is 19.9 Å². The number of pyridine rings is 1. The number of nitriles is 1. The number of aryl methyl sites for hydroxylation is 2. The van der Waals surface area contributed by atoms with E-state index >= 15 is 0 Å². The second kappa shape index (κ2) is 4.75. The third-order valence-corrected chi connectivity index (χ3v) is 3.46. The van der Waals surface area contributed by atoms with Crippen LogP contribution in [0.3, 0.4) is 0 Å². The van der Waals surface area contributed by atoms with Crippen molar-refractivity contribution in [3.05, 3.63) is 23.0 Å². The van der Waals surface area contributed by atoms with Gasteiger partial charge in [0.1, 0.15) is 6.07 Å². The molecule has 0 atom stereocenters. The quantitative estimate of drug-likeness (QED) is 0.789. The third kappa shape index (κ3) is 2.94. The minimum absolute atomic E-state index is 0.237. The van der Waals surface area contributed by atoms with Crippen LogP contribution in [0.5, 0.6) is 0 Å². The molecule has 0 bridgehead atoms. The lowest BCUT2D eigenvalue weighted by atomic mass is 9.97. The lowest BCUT2D eigenvalue weighted by Crippen LogP contribution is -2.57. The smallest absolute Gasteiger partial charge is 0.103 e. The highest BCUT2D eigenvalue weighted by atomic mass is 16.5. The average Bonchev–Trinajstić information content (AvgIpc) is 2.23. The summed E-state index contributed by atoms with van der Waals surface area (Å²) < 4.78 is 6.11. The summed E-state index contributed by atoms with van der Waals surface area (Å²) in [6.45, 7) is 13.8. The molecule has 0 aliphatic carbocycles. The van der Waals surface area contributed by atoms with Gasteiger partial charge in [-0.25, -0.2) is 0 Å². The Balaban J connectivity index is 2.49. The number of morpholine rings is 1. The number of aromatic nitrogens is 1. The fraction of sp³-hybridized carbons (Fsp3) is 0.625. The van der Waals surface area contributed by atoms with Crippen LogP contribution in [0.15, 0.2) is 6.07 Å². The fourth-order valence-corrected chi connectivity index (χ4v) is 3.15. The first-order chi connectivity index (χ1) is 9.13. The molecule has 4 nitrogen and oxygen atoms in total. The van der Waals surface area contributed by atoms with E-state index in [1.54, 1.807) is 0 Å². The molecule has 0 spiro atoms. The lowest BCUT2D eigenvalue weighted by Gasteiger charge is -2.48. The Morgan fingerprint density at radius 3 is 2.25 bits per heavy atom. The number of hydrogen-bond acceptors (Lipinski definition) is 4. The summed E-state index contributed by atoms with van der Waals surface area (Å²) >= 11 is 0. The number of ether oxygens (including phenoxy) is 1. The molecule has 108 valence electrons. The van der Waals surface area contributed by atoms with Gasteiger partial charge in [-0.3, -0.25) is 4.98 Å². The highest BCUT2D eigenvalue weighted by molar-refractivity contribution is 5.62. The van der Waals surface area contributed by atoms with Crippen LogP contribution in [0.1, 0.15) is 44.6 Å². The van der Waals surface area contributed by atoms with Crippen LogP contribution in [0.4, 0.5) is 5.69 Å². The molecular formula is C16H23N3O. The molecule has 2 heterocycles. The van der Waals surface area contributed by atoms with Crippen molar-refractivity contribution in [2.75, 3.05) is 18.0 Å². The largest absolute Gasteiger partial charge is 0.366 e. The number of hydrogen-bond donors (Lipinski definition) is 0. The molecule has 1 fully saturated rings. The Bertz CT molecular complexity index is 554. The van der Waals surface area contributed by atoms with Gasteiger partial charge < -0.3 is 9.64 Å². The molecule has 1 aliphatic rings. The molecule has 0 amide bonds. The first-order valence-corrected chi connectivity index (χ1v) is 6.97. The molecule has 20 heavy (non-hydrogen) atoms. The van der Waals surface area contributed by atoms with Crippen LogP contribution in [-0.2, 0) is 4.74 Å². The minimum Gasteiger partial charge on any atom is -0.366 e. The maximum atomic E-state index is 9.43. The van der Waals surface area contributed by atoms with Crippen molar-refractivity contribution in [1.29, 1.82) is 5.26 Å². The zero-order valence-corrected chi connectivity index (χ0v) is 13.2. The van der Waals surface area contributed by atoms with Crippen molar-refractivity contribution >= 4 is 5.69 Å². The predicted molar refractivity (Wildman–Crippen MR) is 79.9 cm³/mol. The summed E-state index contributed by atoms with van der Waals surface area (Å²) in [6, 6.07) is 4.30. The topological polar surface area (TPSA) is 49.1 Å². The van der Waals surface area contributed by atoms with Crippen LogP contribution in [0.2, 0.25) is 0 Å². The van der Waals surface area contributed by atoms with Crippen molar-refractivity contribution in [2.45, 2.75) is 52.7 Å². The Kier molecular flexibility index (Phi) is 3.51. The highest BCUT2D eigenvalue weighted by Gasteiger charge is 2.39. The molecule has 1 aliphatic heterocycles. The van der Waals surface area contributed by atoms with E-state index in [4.69, 9.17) is 4.74 Å². The molecule has 0 unspecified atom stereocenters. The van der Waals surface area contributed by atoms with Crippen LogP contribution < -0.4 is 4.90 Å². The maximum absolute atomic E-state index is 9.43. The molecule has 1 saturated heterocycles. The van der Waals surface area contributed by atoms with Crippen molar-refractivity contribution in [3.8, 4) is 6.07 Å². The summed E-state index contributed by atoms with van der Waals surface area (Å²) in [6.07, 6.45) is 0. The van der Waals surface area contributed by atoms with Gasteiger partial charge in [-0.2, -0.15) is 5.26 Å². The van der Waals surface area contributed by atoms with Crippen LogP contribution >= 0.6 is 0 Å². The van der Waals surface area contributed by atoms with Gasteiger partial charge in [0, 0.05) is 18.8 Å². The summed E-state index contributed by atoms with van der Waals surface area (Å²) in [7, 11) is 0. The second-order valence-electron chi connectivity index (χ2n) is 6.83. The van der Waals surface area contributed by atoms with Gasteiger partial charge in [-0.15, -0.1) is 0 Å². The predicted octanol–water partition coefficient (Wildman–Crippen LogP) is 2.96. The molecule has 0 saturated carbocycles. The van der Waals surface area contributed by atoms with Crippen molar-refractivity contribution in [3.63, 3.8) is 0 Å². The molecular weight excluding hydrogens is 250 g/mol. The van der Waals surface area contributed by atoms with E-state index in [1.165, 1.54) is 0 Å². The standard InChI is InChI=1S/C16H23N3O/c1-11-7-14(13(8-17)12(2)18-11)19-9-15(3,4)20-16(5,6)10-19/h7H,9-10H2,1-6H3. The lowest BCUT2D eigenvalue weighted by molar-refractivity contribution is -0.133. The van der Waals surface area contributed by atoms with Crippen LogP contribution in [0.25, 0.3) is 0 Å². The van der Waals surface area contributed by atoms with Gasteiger partial charge >= 0.3 is 0 Å². The number of rotatable bonds is 1. The van der Waals surface area contributed by atoms with Gasteiger partial charge in [0.15, 0.2) is 0 Å². The first-order valence-electron chi connectivity index (χ1n) is 6.97. The molecule has 1 aromatic rings. The SMILES string of the molecule is Cc1cc(N2CC(C)(C)OC(C)(C)C2)c(C#N)c(C)n1. The zero-order valence-electron chi connectivity index (χ0n) is 13.2. The molecule has 1 aromatic heterocycles. The van der Waals surface area contributed by atoms with Crippen LogP contribution in [0, 0.1) is 25.2 Å². The van der Waals surface area contributed by atoms with E-state index in [-0.39, 0.29) is 11.2 Å². The summed E-state index contributed by atoms with van der Waals surface area (Å²) in [5.74, 6) is 0. The van der Waals surface area contributed by atoms with E-state index in [9.17, 15) is 5.26 Å². The zero-order chi connectivity index (χ0) is 15.1. The number of anilines is 1. The van der Waals surface area contributed by atoms with E-state index in [2.05, 4.69) is 43.6 Å². The molecule has 4 heteroatoms. The molecule has 0 N–H and O–H groups in total. The van der Waals surface area contributed by atoms with E-state index in [0.29, 0.717) is 5.56 Å². The van der Waals surface area contributed by atoms with Gasteiger partial charge in [0.2, 0.25) is 0 Å². The monoisotopic (exact) mass is 273 g/mol. The molecule has 0 aromatic carbocycles. The van der Waals surface area contributed by atoms with E-state index < -0.39 is 0 Å². The van der Waals surface area contributed by atoms with Gasteiger partial charge in [0.05, 0.1) is 28.1 Å². The Hall–Kier alpha value is -1.60. The highest BCUT2D eigenvalue weighted by Crippen LogP contribution is 2.33. The molecule has 2 rings (SSSR count). The maximum Gasteiger partial charge on any atom is 0.103 e. The second-order valence-corrected chi connectivity index (χ2v) is 6.83.